The number of anilines is 1. The number of urea groups is 1. The van der Waals surface area contributed by atoms with Crippen LogP contribution in [0.15, 0.2) is 30.3 Å². The van der Waals surface area contributed by atoms with E-state index in [-0.39, 0.29) is 16.7 Å². The standard InChI is InChI=1S/C26H39N5O3S/c1-24(2)20-18(21(30-29-20)28-22(32)26(14-11-15-26)35(5,6)7)16-31(24)23(33)27-19(25(3,4)34)17-12-9-8-10-13-17/h8-10,12-13,19,34H,11,14-16H2,1-7H3,(H,27,33)(H2,28,29,30,32)/t19-/m0/s1. The third-order valence-electron chi connectivity index (χ3n) is 7.80. The van der Waals surface area contributed by atoms with E-state index in [2.05, 4.69) is 39.6 Å². The Kier molecular flexibility index (Phi) is 6.25. The summed E-state index contributed by atoms with van der Waals surface area (Å²) in [5.41, 5.74) is 0.640. The number of fused-ring (bicyclic) bond motifs is 1. The molecule has 4 rings (SSSR count). The number of rotatable bonds is 6. The normalized spacial score (nSPS) is 19.9. The maximum Gasteiger partial charge on any atom is 0.319 e. The summed E-state index contributed by atoms with van der Waals surface area (Å²) in [5.74, 6) is 0.540. The van der Waals surface area contributed by atoms with E-state index in [9.17, 15) is 14.7 Å². The van der Waals surface area contributed by atoms with Crippen molar-refractivity contribution in [1.82, 2.24) is 20.4 Å². The first-order chi connectivity index (χ1) is 16.2. The molecule has 1 aromatic heterocycles. The van der Waals surface area contributed by atoms with E-state index < -0.39 is 27.2 Å². The summed E-state index contributed by atoms with van der Waals surface area (Å²) in [6.45, 7) is 7.59. The van der Waals surface area contributed by atoms with Crippen LogP contribution < -0.4 is 10.6 Å². The molecule has 1 aliphatic carbocycles. The Morgan fingerprint density at radius 1 is 1.17 bits per heavy atom. The highest BCUT2D eigenvalue weighted by molar-refractivity contribution is 8.33. The van der Waals surface area contributed by atoms with Crippen molar-refractivity contribution >= 4 is 27.8 Å². The minimum absolute atomic E-state index is 0.0347. The lowest BCUT2D eigenvalue weighted by atomic mass is 9.83. The van der Waals surface area contributed by atoms with Gasteiger partial charge in [0, 0.05) is 5.56 Å². The van der Waals surface area contributed by atoms with E-state index in [1.165, 1.54) is 0 Å². The number of carbonyl (C=O) groups is 2. The fourth-order valence-electron chi connectivity index (χ4n) is 5.30. The first-order valence-corrected chi connectivity index (χ1v) is 15.0. The van der Waals surface area contributed by atoms with Gasteiger partial charge in [0.15, 0.2) is 5.82 Å². The molecule has 0 unspecified atom stereocenters. The number of hydrogen-bond donors (Lipinski definition) is 4. The lowest BCUT2D eigenvalue weighted by Gasteiger charge is -2.53. The number of amides is 3. The molecule has 4 N–H and O–H groups in total. The minimum atomic E-state index is -1.16. The topological polar surface area (TPSA) is 110 Å². The predicted octanol–water partition coefficient (Wildman–Crippen LogP) is 4.24. The van der Waals surface area contributed by atoms with Crippen LogP contribution in [0.2, 0.25) is 0 Å². The molecule has 192 valence electrons. The zero-order valence-electron chi connectivity index (χ0n) is 21.9. The van der Waals surface area contributed by atoms with Crippen LogP contribution in [-0.4, -0.2) is 61.3 Å². The van der Waals surface area contributed by atoms with E-state index in [0.29, 0.717) is 12.4 Å². The molecule has 2 aliphatic rings. The SMILES string of the molecule is CC(C)(O)[C@@H](NC(=O)N1Cc2c(NC(=O)C3(S(C)(C)C)CCC3)n[nH]c2C1(C)C)c1ccccc1. The number of hydrogen-bond acceptors (Lipinski definition) is 4. The summed E-state index contributed by atoms with van der Waals surface area (Å²) in [4.78, 5) is 28.6. The van der Waals surface area contributed by atoms with Gasteiger partial charge in [0.25, 0.3) is 0 Å². The van der Waals surface area contributed by atoms with Gasteiger partial charge in [0.1, 0.15) is 0 Å². The van der Waals surface area contributed by atoms with Crippen molar-refractivity contribution in [2.45, 2.75) is 75.4 Å². The van der Waals surface area contributed by atoms with E-state index >= 15 is 0 Å². The van der Waals surface area contributed by atoms with Gasteiger partial charge in [-0.05, 0) is 71.3 Å². The van der Waals surface area contributed by atoms with Gasteiger partial charge in [0.05, 0.1) is 34.2 Å². The molecule has 1 aromatic carbocycles. The van der Waals surface area contributed by atoms with Crippen LogP contribution in [0.3, 0.4) is 0 Å². The molecule has 0 spiro atoms. The lowest BCUT2D eigenvalue weighted by Crippen LogP contribution is -2.52. The van der Waals surface area contributed by atoms with Gasteiger partial charge in [-0.25, -0.2) is 14.8 Å². The van der Waals surface area contributed by atoms with Gasteiger partial charge in [-0.2, -0.15) is 5.10 Å². The second-order valence-electron chi connectivity index (χ2n) is 11.7. The largest absolute Gasteiger partial charge is 0.388 e. The maximum atomic E-state index is 13.5. The Balaban J connectivity index is 1.55. The fraction of sp³-hybridized carbons (Fsp3) is 0.577. The number of aliphatic hydroxyl groups is 1. The van der Waals surface area contributed by atoms with Crippen molar-refractivity contribution in [2.75, 3.05) is 24.1 Å². The van der Waals surface area contributed by atoms with Gasteiger partial charge in [0.2, 0.25) is 5.91 Å². The van der Waals surface area contributed by atoms with Crippen molar-refractivity contribution in [2.24, 2.45) is 0 Å². The molecule has 2 aromatic rings. The van der Waals surface area contributed by atoms with E-state index in [4.69, 9.17) is 0 Å². The highest BCUT2D eigenvalue weighted by Gasteiger charge is 2.51. The minimum Gasteiger partial charge on any atom is -0.388 e. The predicted molar refractivity (Wildman–Crippen MR) is 142 cm³/mol. The maximum absolute atomic E-state index is 13.5. The number of nitrogens with zero attached hydrogens (tertiary/aromatic N) is 2. The molecule has 2 heterocycles. The van der Waals surface area contributed by atoms with E-state index in [0.717, 1.165) is 36.1 Å². The van der Waals surface area contributed by atoms with Crippen molar-refractivity contribution in [1.29, 1.82) is 0 Å². The number of aromatic amines is 1. The summed E-state index contributed by atoms with van der Waals surface area (Å²) in [6, 6.07) is 8.59. The van der Waals surface area contributed by atoms with Crippen LogP contribution >= 0.6 is 10.0 Å². The van der Waals surface area contributed by atoms with Crippen LogP contribution in [0.5, 0.6) is 0 Å². The Labute approximate surface area is 209 Å². The molecule has 8 nitrogen and oxygen atoms in total. The first-order valence-electron chi connectivity index (χ1n) is 12.1. The van der Waals surface area contributed by atoms with Crippen LogP contribution in [0, 0.1) is 0 Å². The van der Waals surface area contributed by atoms with Gasteiger partial charge >= 0.3 is 6.03 Å². The van der Waals surface area contributed by atoms with Gasteiger partial charge < -0.3 is 20.6 Å². The molecule has 1 aliphatic heterocycles. The summed E-state index contributed by atoms with van der Waals surface area (Å²) in [6.07, 6.45) is 9.47. The van der Waals surface area contributed by atoms with Crippen molar-refractivity contribution in [3.8, 4) is 0 Å². The molecule has 3 amide bonds. The molecular weight excluding hydrogens is 462 g/mol. The molecule has 0 radical (unpaired) electrons. The highest BCUT2D eigenvalue weighted by atomic mass is 32.3. The van der Waals surface area contributed by atoms with Crippen molar-refractivity contribution in [3.63, 3.8) is 0 Å². The average molecular weight is 502 g/mol. The Morgan fingerprint density at radius 3 is 2.31 bits per heavy atom. The Bertz CT molecular complexity index is 1110. The molecule has 1 fully saturated rings. The third kappa shape index (κ3) is 4.33. The second-order valence-corrected chi connectivity index (χ2v) is 16.1. The summed E-state index contributed by atoms with van der Waals surface area (Å²) < 4.78 is -0.320. The smallest absolute Gasteiger partial charge is 0.319 e. The zero-order chi connectivity index (χ0) is 25.8. The number of nitrogens with one attached hydrogen (secondary N) is 3. The van der Waals surface area contributed by atoms with Gasteiger partial charge in [-0.3, -0.25) is 9.89 Å². The van der Waals surface area contributed by atoms with Crippen LogP contribution in [-0.2, 0) is 16.9 Å². The van der Waals surface area contributed by atoms with Gasteiger partial charge in [-0.1, -0.05) is 30.3 Å². The molecule has 1 atom stereocenters. The average Bonchev–Trinajstić information content (AvgIpc) is 3.22. The van der Waals surface area contributed by atoms with E-state index in [1.807, 2.05) is 44.2 Å². The summed E-state index contributed by atoms with van der Waals surface area (Å²) >= 11 is 0. The van der Waals surface area contributed by atoms with Crippen molar-refractivity contribution < 1.29 is 14.7 Å². The molecule has 0 saturated heterocycles. The molecule has 1 saturated carbocycles. The lowest BCUT2D eigenvalue weighted by molar-refractivity contribution is -0.120. The second kappa shape index (κ2) is 8.55. The monoisotopic (exact) mass is 501 g/mol. The Hall–Kier alpha value is -2.52. The number of H-pyrrole nitrogens is 1. The molecule has 0 bridgehead atoms. The van der Waals surface area contributed by atoms with E-state index in [1.54, 1.807) is 18.7 Å². The molecule has 9 heteroatoms. The van der Waals surface area contributed by atoms with Crippen LogP contribution in [0.4, 0.5) is 10.6 Å². The quantitative estimate of drug-likeness (QED) is 0.475. The third-order valence-corrected chi connectivity index (χ3v) is 10.7. The number of benzene rings is 1. The number of carbonyl (C=O) groups excluding carboxylic acids is 2. The fourth-order valence-corrected chi connectivity index (χ4v) is 7.42. The first kappa shape index (κ1) is 25.6. The highest BCUT2D eigenvalue weighted by Crippen LogP contribution is 2.60. The van der Waals surface area contributed by atoms with Gasteiger partial charge in [-0.15, -0.1) is 0 Å². The van der Waals surface area contributed by atoms with Crippen molar-refractivity contribution in [3.05, 3.63) is 47.2 Å². The van der Waals surface area contributed by atoms with Crippen LogP contribution in [0.25, 0.3) is 0 Å². The molecular formula is C26H39N5O3S. The number of aromatic nitrogens is 2. The Morgan fingerprint density at radius 2 is 1.80 bits per heavy atom. The zero-order valence-corrected chi connectivity index (χ0v) is 22.7. The summed E-state index contributed by atoms with van der Waals surface area (Å²) in [7, 11) is -1.09. The van der Waals surface area contributed by atoms with Crippen LogP contribution in [0.1, 0.15) is 69.8 Å². The summed E-state index contributed by atoms with van der Waals surface area (Å²) in [5, 5.41) is 24.4. The molecule has 35 heavy (non-hydrogen) atoms.